The first-order valence-electron chi connectivity index (χ1n) is 4.92. The quantitative estimate of drug-likeness (QED) is 0.847. The highest BCUT2D eigenvalue weighted by molar-refractivity contribution is 7.99. The fourth-order valence-electron chi connectivity index (χ4n) is 1.41. The second kappa shape index (κ2) is 5.14. The molecule has 1 aromatic carbocycles. The van der Waals surface area contributed by atoms with E-state index in [-0.39, 0.29) is 0 Å². The predicted octanol–water partition coefficient (Wildman–Crippen LogP) is 3.65. The molecule has 5 heteroatoms. The van der Waals surface area contributed by atoms with Crippen LogP contribution in [0.3, 0.4) is 0 Å². The van der Waals surface area contributed by atoms with Gasteiger partial charge in [0, 0.05) is 22.3 Å². The third kappa shape index (κ3) is 3.17. The number of thioether (sulfide) groups is 1. The summed E-state index contributed by atoms with van der Waals surface area (Å²) in [4.78, 5) is 4.70. The van der Waals surface area contributed by atoms with Gasteiger partial charge in [-0.2, -0.15) is 8.78 Å². The summed E-state index contributed by atoms with van der Waals surface area (Å²) < 4.78 is 24.3. The van der Waals surface area contributed by atoms with E-state index in [0.717, 1.165) is 11.3 Å². The molecule has 0 fully saturated rings. The zero-order valence-electron chi connectivity index (χ0n) is 8.81. The van der Waals surface area contributed by atoms with Gasteiger partial charge in [-0.05, 0) is 24.3 Å². The molecule has 0 atom stereocenters. The summed E-state index contributed by atoms with van der Waals surface area (Å²) in [5, 5.41) is 0. The zero-order chi connectivity index (χ0) is 12.3. The van der Waals surface area contributed by atoms with Gasteiger partial charge in [0.15, 0.2) is 0 Å². The van der Waals surface area contributed by atoms with E-state index in [1.165, 1.54) is 0 Å². The lowest BCUT2D eigenvalue weighted by molar-refractivity contribution is 0.252. The number of hydrogen-bond acceptors (Lipinski definition) is 3. The molecule has 1 heterocycles. The number of nitrogen functional groups attached to an aromatic ring is 1. The molecular formula is C12H10F2N2S. The van der Waals surface area contributed by atoms with Crippen LogP contribution in [0.1, 0.15) is 0 Å². The van der Waals surface area contributed by atoms with Crippen LogP contribution in [0.5, 0.6) is 0 Å². The average Bonchev–Trinajstić information content (AvgIpc) is 2.29. The molecule has 0 aliphatic carbocycles. The monoisotopic (exact) mass is 252 g/mol. The molecule has 2 nitrogen and oxygen atoms in total. The van der Waals surface area contributed by atoms with Crippen molar-refractivity contribution in [3.8, 4) is 11.3 Å². The topological polar surface area (TPSA) is 38.9 Å². The zero-order valence-corrected chi connectivity index (χ0v) is 9.62. The van der Waals surface area contributed by atoms with Gasteiger partial charge in [-0.1, -0.05) is 23.9 Å². The first-order valence-corrected chi connectivity index (χ1v) is 5.80. The van der Waals surface area contributed by atoms with E-state index in [1.807, 2.05) is 0 Å². The Morgan fingerprint density at radius 3 is 2.41 bits per heavy atom. The molecule has 0 radical (unpaired) electrons. The van der Waals surface area contributed by atoms with Gasteiger partial charge in [-0.15, -0.1) is 0 Å². The number of nitrogens with zero attached hydrogens (tertiary/aromatic N) is 1. The minimum Gasteiger partial charge on any atom is -0.399 e. The molecule has 0 aliphatic heterocycles. The lowest BCUT2D eigenvalue weighted by Gasteiger charge is -2.04. The highest BCUT2D eigenvalue weighted by atomic mass is 32.2. The molecule has 2 rings (SSSR count). The maximum atomic E-state index is 12.1. The molecule has 1 aromatic heterocycles. The van der Waals surface area contributed by atoms with Gasteiger partial charge < -0.3 is 5.73 Å². The third-order valence-corrected chi connectivity index (χ3v) is 2.88. The van der Waals surface area contributed by atoms with E-state index in [2.05, 4.69) is 4.98 Å². The number of nitrogens with two attached hydrogens (primary N) is 1. The number of aromatic nitrogens is 1. The van der Waals surface area contributed by atoms with Crippen molar-refractivity contribution in [2.75, 3.05) is 5.73 Å². The average molecular weight is 252 g/mol. The van der Waals surface area contributed by atoms with Gasteiger partial charge in [0.05, 0.1) is 5.69 Å². The van der Waals surface area contributed by atoms with Crippen LogP contribution in [0.4, 0.5) is 14.5 Å². The summed E-state index contributed by atoms with van der Waals surface area (Å²) in [5.41, 5.74) is 7.87. The van der Waals surface area contributed by atoms with Crippen LogP contribution < -0.4 is 5.73 Å². The van der Waals surface area contributed by atoms with Crippen molar-refractivity contribution in [1.82, 2.24) is 4.98 Å². The van der Waals surface area contributed by atoms with E-state index in [9.17, 15) is 8.78 Å². The molecule has 0 bridgehead atoms. The largest absolute Gasteiger partial charge is 0.399 e. The maximum absolute atomic E-state index is 12.1. The summed E-state index contributed by atoms with van der Waals surface area (Å²) in [6, 6.07) is 10.3. The number of benzene rings is 1. The van der Waals surface area contributed by atoms with Crippen molar-refractivity contribution in [3.63, 3.8) is 0 Å². The first kappa shape index (κ1) is 11.9. The Hall–Kier alpha value is -1.62. The van der Waals surface area contributed by atoms with E-state index in [0.29, 0.717) is 22.3 Å². The lowest BCUT2D eigenvalue weighted by atomic mass is 10.1. The van der Waals surface area contributed by atoms with Crippen molar-refractivity contribution in [2.24, 2.45) is 0 Å². The van der Waals surface area contributed by atoms with Gasteiger partial charge in [0.1, 0.15) is 0 Å². The van der Waals surface area contributed by atoms with Gasteiger partial charge in [-0.25, -0.2) is 0 Å². The molecule has 88 valence electrons. The molecule has 0 amide bonds. The second-order valence-electron chi connectivity index (χ2n) is 3.38. The minimum absolute atomic E-state index is 0.527. The van der Waals surface area contributed by atoms with E-state index < -0.39 is 5.76 Å². The molecule has 0 unspecified atom stereocenters. The third-order valence-electron chi connectivity index (χ3n) is 2.16. The number of hydrogen-bond donors (Lipinski definition) is 1. The van der Waals surface area contributed by atoms with Gasteiger partial charge in [0.25, 0.3) is 5.76 Å². The Bertz CT molecular complexity index is 500. The fourth-order valence-corrected chi connectivity index (χ4v) is 1.91. The highest BCUT2D eigenvalue weighted by Gasteiger charge is 2.05. The predicted molar refractivity (Wildman–Crippen MR) is 65.9 cm³/mol. The number of halogens is 2. The Labute approximate surface area is 102 Å². The van der Waals surface area contributed by atoms with E-state index in [4.69, 9.17) is 5.73 Å². The first-order chi connectivity index (χ1) is 8.15. The van der Waals surface area contributed by atoms with Crippen molar-refractivity contribution in [3.05, 3.63) is 42.6 Å². The van der Waals surface area contributed by atoms with Gasteiger partial charge in [0.2, 0.25) is 0 Å². The number of pyridine rings is 1. The second-order valence-corrected chi connectivity index (χ2v) is 4.44. The van der Waals surface area contributed by atoms with Crippen LogP contribution in [0, 0.1) is 0 Å². The fraction of sp³-hybridized carbons (Fsp3) is 0.0833. The SMILES string of the molecule is Nc1ccnc(-c2ccc(SC(F)F)cc2)c1. The van der Waals surface area contributed by atoms with E-state index in [1.54, 1.807) is 42.6 Å². The highest BCUT2D eigenvalue weighted by Crippen LogP contribution is 2.27. The van der Waals surface area contributed by atoms with Crippen LogP contribution in [0.2, 0.25) is 0 Å². The minimum atomic E-state index is -2.40. The van der Waals surface area contributed by atoms with Crippen LogP contribution in [-0.2, 0) is 0 Å². The van der Waals surface area contributed by atoms with Crippen molar-refractivity contribution in [2.45, 2.75) is 10.7 Å². The van der Waals surface area contributed by atoms with Crippen LogP contribution >= 0.6 is 11.8 Å². The van der Waals surface area contributed by atoms with Crippen LogP contribution in [0.25, 0.3) is 11.3 Å². The molecule has 2 N–H and O–H groups in total. The standard InChI is InChI=1S/C12H10F2N2S/c13-12(14)17-10-3-1-8(2-4-10)11-7-9(15)5-6-16-11/h1-7,12H,(H2,15,16). The molecule has 17 heavy (non-hydrogen) atoms. The lowest BCUT2D eigenvalue weighted by Crippen LogP contribution is -1.88. The smallest absolute Gasteiger partial charge is 0.288 e. The van der Waals surface area contributed by atoms with Gasteiger partial charge >= 0.3 is 0 Å². The van der Waals surface area contributed by atoms with Crippen molar-refractivity contribution < 1.29 is 8.78 Å². The molecule has 0 saturated carbocycles. The van der Waals surface area contributed by atoms with Crippen LogP contribution in [-0.4, -0.2) is 10.7 Å². The molecule has 0 spiro atoms. The Balaban J connectivity index is 2.23. The number of anilines is 1. The van der Waals surface area contributed by atoms with Crippen LogP contribution in [0.15, 0.2) is 47.5 Å². The molecular weight excluding hydrogens is 242 g/mol. The maximum Gasteiger partial charge on any atom is 0.288 e. The Morgan fingerprint density at radius 1 is 1.12 bits per heavy atom. The Morgan fingerprint density at radius 2 is 1.82 bits per heavy atom. The van der Waals surface area contributed by atoms with E-state index >= 15 is 0 Å². The molecule has 0 aliphatic rings. The van der Waals surface area contributed by atoms with Crippen molar-refractivity contribution in [1.29, 1.82) is 0 Å². The summed E-state index contributed by atoms with van der Waals surface area (Å²) in [7, 11) is 0. The van der Waals surface area contributed by atoms with Gasteiger partial charge in [-0.3, -0.25) is 4.98 Å². The van der Waals surface area contributed by atoms with Crippen molar-refractivity contribution >= 4 is 17.4 Å². The summed E-state index contributed by atoms with van der Waals surface area (Å²) >= 11 is 0.527. The number of alkyl halides is 2. The summed E-state index contributed by atoms with van der Waals surface area (Å²) in [6.45, 7) is 0. The normalized spacial score (nSPS) is 10.8. The molecule has 2 aromatic rings. The summed E-state index contributed by atoms with van der Waals surface area (Å²) in [5.74, 6) is -2.40. The molecule has 0 saturated heterocycles. The Kier molecular flexibility index (Phi) is 3.58. The number of rotatable bonds is 3. The summed E-state index contributed by atoms with van der Waals surface area (Å²) in [6.07, 6.45) is 1.62.